The first-order chi connectivity index (χ1) is 8.08. The van der Waals surface area contributed by atoms with Crippen LogP contribution in [-0.4, -0.2) is 31.4 Å². The molecule has 2 rings (SSSR count). The van der Waals surface area contributed by atoms with Crippen molar-refractivity contribution in [3.8, 4) is 17.2 Å². The summed E-state index contributed by atoms with van der Waals surface area (Å²) in [6.45, 7) is 0. The minimum absolute atomic E-state index is 0.238. The average Bonchev–Trinajstić information content (AvgIpc) is 2.72. The van der Waals surface area contributed by atoms with Crippen LogP contribution < -0.4 is 19.9 Å². The number of hydrogen-bond acceptors (Lipinski definition) is 5. The van der Waals surface area contributed by atoms with Gasteiger partial charge in [0.25, 0.3) is 0 Å². The Labute approximate surface area is 97.9 Å². The third-order valence-electron chi connectivity index (χ3n) is 2.70. The van der Waals surface area contributed by atoms with Crippen molar-refractivity contribution in [2.24, 2.45) is 0 Å². The quantitative estimate of drug-likeness (QED) is 0.753. The van der Waals surface area contributed by atoms with Crippen molar-refractivity contribution in [3.63, 3.8) is 0 Å². The fourth-order valence-electron chi connectivity index (χ4n) is 1.89. The van der Waals surface area contributed by atoms with E-state index in [-0.39, 0.29) is 6.42 Å². The predicted octanol–water partition coefficient (Wildman–Crippen LogP) is 0.674. The molecule has 1 aromatic rings. The van der Waals surface area contributed by atoms with Gasteiger partial charge in [0.2, 0.25) is 0 Å². The zero-order valence-electron chi connectivity index (χ0n) is 9.52. The molecule has 1 aromatic carbocycles. The fraction of sp³-hybridized carbons (Fsp3) is 0.364. The van der Waals surface area contributed by atoms with Gasteiger partial charge < -0.3 is 25.1 Å². The van der Waals surface area contributed by atoms with Crippen molar-refractivity contribution < 1.29 is 24.1 Å². The highest BCUT2D eigenvalue weighted by Crippen LogP contribution is 2.45. The minimum Gasteiger partial charge on any atom is -0.494 e. The highest BCUT2D eigenvalue weighted by atomic mass is 16.5. The van der Waals surface area contributed by atoms with E-state index >= 15 is 0 Å². The molecule has 6 nitrogen and oxygen atoms in total. The van der Waals surface area contributed by atoms with E-state index in [0.717, 1.165) is 0 Å². The molecule has 0 aliphatic carbocycles. The van der Waals surface area contributed by atoms with Crippen LogP contribution in [0.4, 0.5) is 5.69 Å². The Kier molecular flexibility index (Phi) is 2.71. The Hall–Kier alpha value is -2.11. The molecule has 0 radical (unpaired) electrons. The summed E-state index contributed by atoms with van der Waals surface area (Å²) in [7, 11) is 2.95. The number of nitrogen functional groups attached to an aromatic ring is 1. The Morgan fingerprint density at radius 2 is 2.24 bits per heavy atom. The van der Waals surface area contributed by atoms with Crippen LogP contribution >= 0.6 is 0 Å². The maximum Gasteiger partial charge on any atom is 0.345 e. The van der Waals surface area contributed by atoms with Gasteiger partial charge in [0.05, 0.1) is 14.2 Å². The molecule has 1 atom stereocenters. The summed E-state index contributed by atoms with van der Waals surface area (Å²) in [5.74, 6) is 0.260. The maximum atomic E-state index is 10.9. The molecule has 6 heteroatoms. The van der Waals surface area contributed by atoms with Crippen molar-refractivity contribution in [2.45, 2.75) is 12.5 Å². The predicted molar refractivity (Wildman–Crippen MR) is 59.7 cm³/mol. The second kappa shape index (κ2) is 4.04. The van der Waals surface area contributed by atoms with Crippen LogP contribution in [0.1, 0.15) is 5.56 Å². The molecular formula is C11H13NO5. The fourth-order valence-corrected chi connectivity index (χ4v) is 1.89. The van der Waals surface area contributed by atoms with Gasteiger partial charge in [-0.1, -0.05) is 0 Å². The molecule has 0 saturated carbocycles. The first-order valence-electron chi connectivity index (χ1n) is 5.01. The number of aliphatic carboxylic acids is 1. The van der Waals surface area contributed by atoms with E-state index in [0.29, 0.717) is 28.5 Å². The minimum atomic E-state index is -1.01. The molecule has 0 amide bonds. The SMILES string of the molecule is COc1cc2c(c(OC)c1N)CC(C(=O)O)O2. The molecule has 1 unspecified atom stereocenters. The summed E-state index contributed by atoms with van der Waals surface area (Å²) in [5, 5.41) is 8.92. The van der Waals surface area contributed by atoms with Crippen LogP contribution in [0.25, 0.3) is 0 Å². The van der Waals surface area contributed by atoms with E-state index < -0.39 is 12.1 Å². The van der Waals surface area contributed by atoms with E-state index in [1.54, 1.807) is 6.07 Å². The zero-order chi connectivity index (χ0) is 12.6. The van der Waals surface area contributed by atoms with Gasteiger partial charge in [-0.25, -0.2) is 4.79 Å². The van der Waals surface area contributed by atoms with Gasteiger partial charge in [0, 0.05) is 18.1 Å². The number of ether oxygens (including phenoxy) is 3. The Bertz CT molecular complexity index is 471. The van der Waals surface area contributed by atoms with Crippen molar-refractivity contribution in [2.75, 3.05) is 20.0 Å². The Morgan fingerprint density at radius 1 is 1.53 bits per heavy atom. The van der Waals surface area contributed by atoms with Crippen molar-refractivity contribution in [1.82, 2.24) is 0 Å². The zero-order valence-corrected chi connectivity index (χ0v) is 9.52. The number of carboxylic acid groups (broad SMARTS) is 1. The topological polar surface area (TPSA) is 91.0 Å². The summed E-state index contributed by atoms with van der Waals surface area (Å²) in [4.78, 5) is 10.9. The number of carboxylic acids is 1. The number of rotatable bonds is 3. The number of anilines is 1. The number of nitrogens with two attached hydrogens (primary N) is 1. The molecule has 1 heterocycles. The summed E-state index contributed by atoms with van der Waals surface area (Å²) in [6.07, 6.45) is -0.660. The summed E-state index contributed by atoms with van der Waals surface area (Å²) < 4.78 is 15.5. The standard InChI is InChI=1S/C11H13NO5/c1-15-7-4-6-5(10(16-2)9(7)12)3-8(17-6)11(13)14/h4,8H,3,12H2,1-2H3,(H,13,14). The lowest BCUT2D eigenvalue weighted by atomic mass is 10.1. The van der Waals surface area contributed by atoms with Crippen LogP contribution in [0.15, 0.2) is 6.07 Å². The first-order valence-corrected chi connectivity index (χ1v) is 5.01. The molecule has 0 bridgehead atoms. The molecule has 1 aliphatic heterocycles. The lowest BCUT2D eigenvalue weighted by Gasteiger charge is -2.12. The van der Waals surface area contributed by atoms with Crippen molar-refractivity contribution in [3.05, 3.63) is 11.6 Å². The largest absolute Gasteiger partial charge is 0.494 e. The molecule has 17 heavy (non-hydrogen) atoms. The van der Waals surface area contributed by atoms with Crippen molar-refractivity contribution >= 4 is 11.7 Å². The smallest absolute Gasteiger partial charge is 0.345 e. The number of carbonyl (C=O) groups is 1. The van der Waals surface area contributed by atoms with Gasteiger partial charge in [-0.3, -0.25) is 0 Å². The summed E-state index contributed by atoms with van der Waals surface area (Å²) >= 11 is 0. The lowest BCUT2D eigenvalue weighted by Crippen LogP contribution is -2.24. The van der Waals surface area contributed by atoms with Gasteiger partial charge in [0.15, 0.2) is 11.9 Å². The van der Waals surface area contributed by atoms with E-state index in [1.165, 1.54) is 14.2 Å². The molecule has 0 fully saturated rings. The van der Waals surface area contributed by atoms with E-state index in [1.807, 2.05) is 0 Å². The maximum absolute atomic E-state index is 10.9. The molecule has 92 valence electrons. The van der Waals surface area contributed by atoms with Crippen LogP contribution in [-0.2, 0) is 11.2 Å². The summed E-state index contributed by atoms with van der Waals surface area (Å²) in [6, 6.07) is 1.58. The third kappa shape index (κ3) is 1.71. The van der Waals surface area contributed by atoms with E-state index in [2.05, 4.69) is 0 Å². The molecule has 0 aromatic heterocycles. The van der Waals surface area contributed by atoms with Gasteiger partial charge in [-0.2, -0.15) is 0 Å². The normalized spacial score (nSPS) is 17.2. The van der Waals surface area contributed by atoms with E-state index in [9.17, 15) is 4.79 Å². The van der Waals surface area contributed by atoms with Gasteiger partial charge in [-0.15, -0.1) is 0 Å². The van der Waals surface area contributed by atoms with Crippen LogP contribution in [0.5, 0.6) is 17.2 Å². The Balaban J connectivity index is 2.50. The number of fused-ring (bicyclic) bond motifs is 1. The van der Waals surface area contributed by atoms with Crippen LogP contribution in [0.2, 0.25) is 0 Å². The van der Waals surface area contributed by atoms with E-state index in [4.69, 9.17) is 25.1 Å². The van der Waals surface area contributed by atoms with Gasteiger partial charge in [-0.05, 0) is 0 Å². The average molecular weight is 239 g/mol. The third-order valence-corrected chi connectivity index (χ3v) is 2.70. The van der Waals surface area contributed by atoms with Gasteiger partial charge in [0.1, 0.15) is 17.2 Å². The van der Waals surface area contributed by atoms with Crippen LogP contribution in [0.3, 0.4) is 0 Å². The Morgan fingerprint density at radius 3 is 2.76 bits per heavy atom. The highest BCUT2D eigenvalue weighted by molar-refractivity contribution is 5.78. The molecule has 0 saturated heterocycles. The first kappa shape index (κ1) is 11.4. The number of hydrogen-bond donors (Lipinski definition) is 2. The monoisotopic (exact) mass is 239 g/mol. The second-order valence-electron chi connectivity index (χ2n) is 3.65. The number of methoxy groups -OCH3 is 2. The molecular weight excluding hydrogens is 226 g/mol. The van der Waals surface area contributed by atoms with Crippen molar-refractivity contribution in [1.29, 1.82) is 0 Å². The summed E-state index contributed by atoms with van der Waals surface area (Å²) in [5.41, 5.74) is 6.86. The highest BCUT2D eigenvalue weighted by Gasteiger charge is 2.33. The molecule has 1 aliphatic rings. The molecule has 0 spiro atoms. The van der Waals surface area contributed by atoms with Gasteiger partial charge >= 0.3 is 5.97 Å². The molecule has 3 N–H and O–H groups in total. The van der Waals surface area contributed by atoms with Crippen LogP contribution in [0, 0.1) is 0 Å². The lowest BCUT2D eigenvalue weighted by molar-refractivity contribution is -0.144. The second-order valence-corrected chi connectivity index (χ2v) is 3.65. The number of benzene rings is 1.